The molecular formula is C15H12F2N4OS. The number of thioether (sulfide) groups is 1. The number of aryl methyl sites for hydroxylation is 2. The molecule has 2 aromatic rings. The van der Waals surface area contributed by atoms with E-state index in [1.165, 1.54) is 0 Å². The van der Waals surface area contributed by atoms with Crippen LogP contribution in [0.4, 0.5) is 14.5 Å². The Balaban J connectivity index is 2.08. The average Bonchev–Trinajstić information content (AvgIpc) is 2.48. The van der Waals surface area contributed by atoms with Gasteiger partial charge in [0, 0.05) is 6.07 Å². The Morgan fingerprint density at radius 1 is 1.35 bits per heavy atom. The molecule has 1 aromatic carbocycles. The number of hydrogen-bond acceptors (Lipinski definition) is 5. The van der Waals surface area contributed by atoms with Crippen molar-refractivity contribution in [2.75, 3.05) is 11.1 Å². The molecule has 2 rings (SSSR count). The number of amides is 1. The number of anilines is 1. The fourth-order valence-electron chi connectivity index (χ4n) is 1.83. The van der Waals surface area contributed by atoms with Gasteiger partial charge in [0.05, 0.1) is 17.1 Å². The maximum absolute atomic E-state index is 13.5. The standard InChI is InChI=1S/C15H12F2N4OS/c1-8-11(6-18)15(20-9(2)19-8)23-7-14(22)21-13-5-10(16)3-4-12(13)17/h3-5H,7H2,1-2H3,(H,21,22). The lowest BCUT2D eigenvalue weighted by Crippen LogP contribution is -2.15. The van der Waals surface area contributed by atoms with E-state index in [0.717, 1.165) is 30.0 Å². The van der Waals surface area contributed by atoms with Gasteiger partial charge in [-0.05, 0) is 26.0 Å². The van der Waals surface area contributed by atoms with E-state index < -0.39 is 17.5 Å². The average molecular weight is 334 g/mol. The van der Waals surface area contributed by atoms with Gasteiger partial charge in [0.2, 0.25) is 5.91 Å². The van der Waals surface area contributed by atoms with E-state index in [9.17, 15) is 13.6 Å². The van der Waals surface area contributed by atoms with Crippen molar-refractivity contribution < 1.29 is 13.6 Å². The first-order chi connectivity index (χ1) is 10.9. The Morgan fingerprint density at radius 3 is 2.78 bits per heavy atom. The highest BCUT2D eigenvalue weighted by molar-refractivity contribution is 8.00. The lowest BCUT2D eigenvalue weighted by Gasteiger charge is -2.08. The zero-order valence-electron chi connectivity index (χ0n) is 12.4. The molecule has 1 amide bonds. The summed E-state index contributed by atoms with van der Waals surface area (Å²) in [5.41, 5.74) is 0.593. The number of hydrogen-bond donors (Lipinski definition) is 1. The molecular weight excluding hydrogens is 322 g/mol. The number of nitrogens with zero attached hydrogens (tertiary/aromatic N) is 3. The lowest BCUT2D eigenvalue weighted by molar-refractivity contribution is -0.113. The van der Waals surface area contributed by atoms with Crippen molar-refractivity contribution in [3.8, 4) is 6.07 Å². The minimum Gasteiger partial charge on any atom is -0.323 e. The van der Waals surface area contributed by atoms with Crippen LogP contribution in [0.15, 0.2) is 23.2 Å². The van der Waals surface area contributed by atoms with E-state index in [0.29, 0.717) is 22.1 Å². The lowest BCUT2D eigenvalue weighted by atomic mass is 10.3. The normalized spacial score (nSPS) is 10.2. The van der Waals surface area contributed by atoms with Crippen LogP contribution in [0, 0.1) is 36.8 Å². The molecule has 8 heteroatoms. The molecule has 0 aliphatic heterocycles. The molecule has 0 radical (unpaired) electrons. The van der Waals surface area contributed by atoms with Gasteiger partial charge in [-0.2, -0.15) is 5.26 Å². The van der Waals surface area contributed by atoms with Gasteiger partial charge in [-0.15, -0.1) is 0 Å². The summed E-state index contributed by atoms with van der Waals surface area (Å²) in [6.07, 6.45) is 0. The summed E-state index contributed by atoms with van der Waals surface area (Å²) in [7, 11) is 0. The molecule has 118 valence electrons. The topological polar surface area (TPSA) is 78.7 Å². The molecule has 0 fully saturated rings. The van der Waals surface area contributed by atoms with Crippen molar-refractivity contribution in [2.45, 2.75) is 18.9 Å². The predicted molar refractivity (Wildman–Crippen MR) is 81.9 cm³/mol. The molecule has 0 saturated heterocycles. The second-order valence-corrected chi connectivity index (χ2v) is 5.57. The summed E-state index contributed by atoms with van der Waals surface area (Å²) >= 11 is 1.04. The second-order valence-electron chi connectivity index (χ2n) is 4.61. The molecule has 0 atom stereocenters. The molecule has 5 nitrogen and oxygen atoms in total. The van der Waals surface area contributed by atoms with Crippen LogP contribution < -0.4 is 5.32 Å². The molecule has 0 bridgehead atoms. The van der Waals surface area contributed by atoms with Crippen molar-refractivity contribution in [1.82, 2.24) is 9.97 Å². The Hall–Kier alpha value is -2.53. The molecule has 0 spiro atoms. The third kappa shape index (κ3) is 4.23. The summed E-state index contributed by atoms with van der Waals surface area (Å²) < 4.78 is 26.5. The summed E-state index contributed by atoms with van der Waals surface area (Å²) in [6.45, 7) is 3.36. The molecule has 0 aliphatic rings. The van der Waals surface area contributed by atoms with Crippen LogP contribution in [-0.4, -0.2) is 21.6 Å². The van der Waals surface area contributed by atoms with E-state index in [4.69, 9.17) is 5.26 Å². The van der Waals surface area contributed by atoms with Crippen LogP contribution in [0.1, 0.15) is 17.1 Å². The first-order valence-corrected chi connectivity index (χ1v) is 7.52. The van der Waals surface area contributed by atoms with Crippen LogP contribution in [0.2, 0.25) is 0 Å². The SMILES string of the molecule is Cc1nc(C)c(C#N)c(SCC(=O)Nc2cc(F)ccc2F)n1. The van der Waals surface area contributed by atoms with Gasteiger partial charge < -0.3 is 5.32 Å². The van der Waals surface area contributed by atoms with Crippen molar-refractivity contribution in [1.29, 1.82) is 5.26 Å². The quantitative estimate of drug-likeness (QED) is 0.687. The Bertz CT molecular complexity index is 805. The van der Waals surface area contributed by atoms with E-state index in [1.54, 1.807) is 13.8 Å². The van der Waals surface area contributed by atoms with Crippen LogP contribution in [-0.2, 0) is 4.79 Å². The van der Waals surface area contributed by atoms with Gasteiger partial charge in [0.15, 0.2) is 0 Å². The molecule has 0 saturated carbocycles. The minimum atomic E-state index is -0.726. The van der Waals surface area contributed by atoms with E-state index in [2.05, 4.69) is 15.3 Å². The van der Waals surface area contributed by atoms with Crippen molar-refractivity contribution in [3.63, 3.8) is 0 Å². The smallest absolute Gasteiger partial charge is 0.234 e. The van der Waals surface area contributed by atoms with Crippen molar-refractivity contribution in [2.24, 2.45) is 0 Å². The van der Waals surface area contributed by atoms with Crippen LogP contribution in [0.5, 0.6) is 0 Å². The zero-order valence-corrected chi connectivity index (χ0v) is 13.2. The number of rotatable bonds is 4. The Morgan fingerprint density at radius 2 is 2.09 bits per heavy atom. The summed E-state index contributed by atoms with van der Waals surface area (Å²) in [4.78, 5) is 20.1. The Labute approximate surface area is 135 Å². The minimum absolute atomic E-state index is 0.0967. The summed E-state index contributed by atoms with van der Waals surface area (Å²) in [5, 5.41) is 11.8. The van der Waals surface area contributed by atoms with E-state index in [1.807, 2.05) is 6.07 Å². The van der Waals surface area contributed by atoms with Crippen LogP contribution in [0.25, 0.3) is 0 Å². The first-order valence-electron chi connectivity index (χ1n) is 6.53. The van der Waals surface area contributed by atoms with E-state index >= 15 is 0 Å². The fourth-order valence-corrected chi connectivity index (χ4v) is 2.70. The first kappa shape index (κ1) is 16.8. The largest absolute Gasteiger partial charge is 0.323 e. The highest BCUT2D eigenvalue weighted by atomic mass is 32.2. The maximum atomic E-state index is 13.5. The number of carbonyl (C=O) groups excluding carboxylic acids is 1. The molecule has 1 heterocycles. The molecule has 1 aromatic heterocycles. The third-order valence-corrected chi connectivity index (χ3v) is 3.80. The molecule has 1 N–H and O–H groups in total. The van der Waals surface area contributed by atoms with Gasteiger partial charge >= 0.3 is 0 Å². The van der Waals surface area contributed by atoms with Crippen molar-refractivity contribution >= 4 is 23.4 Å². The third-order valence-electron chi connectivity index (χ3n) is 2.82. The van der Waals surface area contributed by atoms with Gasteiger partial charge in [-0.3, -0.25) is 4.79 Å². The molecule has 0 unspecified atom stereocenters. The predicted octanol–water partition coefficient (Wildman–Crippen LogP) is 2.97. The number of carbonyl (C=O) groups is 1. The summed E-state index contributed by atoms with van der Waals surface area (Å²) in [5.74, 6) is -1.52. The van der Waals surface area contributed by atoms with Crippen molar-refractivity contribution in [3.05, 3.63) is 46.9 Å². The van der Waals surface area contributed by atoms with E-state index in [-0.39, 0.29) is 11.4 Å². The van der Waals surface area contributed by atoms with Gasteiger partial charge in [-0.1, -0.05) is 11.8 Å². The number of benzene rings is 1. The number of nitrogens with one attached hydrogen (secondary N) is 1. The Kier molecular flexibility index (Phi) is 5.24. The highest BCUT2D eigenvalue weighted by Gasteiger charge is 2.14. The number of aromatic nitrogens is 2. The van der Waals surface area contributed by atoms with Crippen LogP contribution >= 0.6 is 11.8 Å². The summed E-state index contributed by atoms with van der Waals surface area (Å²) in [6, 6.07) is 4.79. The van der Waals surface area contributed by atoms with Crippen LogP contribution in [0.3, 0.4) is 0 Å². The highest BCUT2D eigenvalue weighted by Crippen LogP contribution is 2.22. The zero-order chi connectivity index (χ0) is 17.0. The van der Waals surface area contributed by atoms with Gasteiger partial charge in [0.1, 0.15) is 34.1 Å². The molecule has 0 aliphatic carbocycles. The monoisotopic (exact) mass is 334 g/mol. The van der Waals surface area contributed by atoms with Gasteiger partial charge in [-0.25, -0.2) is 18.7 Å². The number of nitriles is 1. The second kappa shape index (κ2) is 7.15. The maximum Gasteiger partial charge on any atom is 0.234 e. The fraction of sp³-hybridized carbons (Fsp3) is 0.200. The van der Waals surface area contributed by atoms with Gasteiger partial charge in [0.25, 0.3) is 0 Å². The molecule has 23 heavy (non-hydrogen) atoms. The number of halogens is 2.